The fraction of sp³-hybridized carbons (Fsp3) is 0.294. The summed E-state index contributed by atoms with van der Waals surface area (Å²) in [6.45, 7) is 1.42. The number of alkyl halides is 3. The number of likely N-dealkylation sites (N-methyl/N-ethyl adjacent to an activating group) is 1. The van der Waals surface area contributed by atoms with Crippen molar-refractivity contribution in [3.8, 4) is 0 Å². The summed E-state index contributed by atoms with van der Waals surface area (Å²) in [6, 6.07) is 3.89. The maximum Gasteiger partial charge on any atom is 0.416 e. The number of nitrogens with two attached hydrogens (primary N) is 1. The van der Waals surface area contributed by atoms with Crippen LogP contribution in [0.5, 0.6) is 0 Å². The standard InChI is InChI=1S/C17H16F3N3O2S/c1-23-7-6-11-12(8-23)26-16(13(11)14(21)24)22-15(25)9-2-4-10(5-3-9)17(18,19)20/h2-5H,6-8H2,1H3,(H2,21,24)(H,22,25). The molecule has 0 saturated heterocycles. The van der Waals surface area contributed by atoms with Crippen molar-refractivity contribution in [2.75, 3.05) is 18.9 Å². The van der Waals surface area contributed by atoms with Gasteiger partial charge in [0, 0.05) is 23.5 Å². The van der Waals surface area contributed by atoms with Gasteiger partial charge >= 0.3 is 6.18 Å². The van der Waals surface area contributed by atoms with Gasteiger partial charge in [-0.3, -0.25) is 9.59 Å². The molecule has 2 heterocycles. The summed E-state index contributed by atoms with van der Waals surface area (Å²) in [7, 11) is 1.95. The molecular formula is C17H16F3N3O2S. The van der Waals surface area contributed by atoms with Crippen LogP contribution in [-0.2, 0) is 19.1 Å². The number of rotatable bonds is 3. The lowest BCUT2D eigenvalue weighted by atomic mass is 10.0. The van der Waals surface area contributed by atoms with Crippen LogP contribution in [0.2, 0.25) is 0 Å². The number of nitrogens with one attached hydrogen (secondary N) is 1. The second-order valence-electron chi connectivity index (χ2n) is 6.09. The molecule has 1 aromatic heterocycles. The lowest BCUT2D eigenvalue weighted by Gasteiger charge is -2.22. The van der Waals surface area contributed by atoms with Crippen LogP contribution in [0.1, 0.15) is 36.7 Å². The largest absolute Gasteiger partial charge is 0.416 e. The molecule has 0 bridgehead atoms. The molecule has 9 heteroatoms. The van der Waals surface area contributed by atoms with Crippen molar-refractivity contribution >= 4 is 28.2 Å². The van der Waals surface area contributed by atoms with Crippen molar-refractivity contribution in [2.24, 2.45) is 5.73 Å². The Kier molecular flexibility index (Phi) is 4.76. The van der Waals surface area contributed by atoms with Crippen LogP contribution in [0, 0.1) is 0 Å². The van der Waals surface area contributed by atoms with E-state index in [4.69, 9.17) is 5.73 Å². The van der Waals surface area contributed by atoms with Crippen molar-refractivity contribution in [1.29, 1.82) is 0 Å². The Morgan fingerprint density at radius 1 is 1.23 bits per heavy atom. The molecule has 0 radical (unpaired) electrons. The van der Waals surface area contributed by atoms with E-state index in [-0.39, 0.29) is 5.56 Å². The van der Waals surface area contributed by atoms with Gasteiger partial charge in [0.15, 0.2) is 0 Å². The van der Waals surface area contributed by atoms with Crippen molar-refractivity contribution in [3.63, 3.8) is 0 Å². The van der Waals surface area contributed by atoms with Gasteiger partial charge in [0.05, 0.1) is 11.1 Å². The molecule has 0 unspecified atom stereocenters. The highest BCUT2D eigenvalue weighted by Gasteiger charge is 2.30. The van der Waals surface area contributed by atoms with Crippen molar-refractivity contribution in [2.45, 2.75) is 19.1 Å². The summed E-state index contributed by atoms with van der Waals surface area (Å²) in [5.74, 6) is -1.22. The molecule has 0 aliphatic carbocycles. The minimum absolute atomic E-state index is 0.0666. The Morgan fingerprint density at radius 2 is 1.88 bits per heavy atom. The van der Waals surface area contributed by atoms with Crippen molar-refractivity contribution < 1.29 is 22.8 Å². The summed E-state index contributed by atoms with van der Waals surface area (Å²) in [4.78, 5) is 27.3. The first-order valence-corrected chi connectivity index (χ1v) is 8.60. The molecule has 3 rings (SSSR count). The van der Waals surface area contributed by atoms with Gasteiger partial charge in [0.2, 0.25) is 0 Å². The first-order valence-electron chi connectivity index (χ1n) is 7.78. The number of benzene rings is 1. The van der Waals surface area contributed by atoms with Gasteiger partial charge in [-0.1, -0.05) is 0 Å². The Hall–Kier alpha value is -2.39. The number of thiophene rings is 1. The predicted octanol–water partition coefficient (Wildman–Crippen LogP) is 3.11. The van der Waals surface area contributed by atoms with E-state index < -0.39 is 23.6 Å². The number of amides is 2. The summed E-state index contributed by atoms with van der Waals surface area (Å²) in [6.07, 6.45) is -3.82. The molecule has 0 spiro atoms. The highest BCUT2D eigenvalue weighted by molar-refractivity contribution is 7.17. The number of carbonyl (C=O) groups excluding carboxylic acids is 2. The van der Waals surface area contributed by atoms with Gasteiger partial charge in [-0.2, -0.15) is 13.2 Å². The number of nitrogens with zero attached hydrogens (tertiary/aromatic N) is 1. The van der Waals surface area contributed by atoms with Gasteiger partial charge in [-0.25, -0.2) is 0 Å². The average Bonchev–Trinajstić information content (AvgIpc) is 2.91. The lowest BCUT2D eigenvalue weighted by molar-refractivity contribution is -0.137. The molecular weight excluding hydrogens is 367 g/mol. The van der Waals surface area contributed by atoms with Crippen molar-refractivity contribution in [1.82, 2.24) is 4.90 Å². The zero-order valence-electron chi connectivity index (χ0n) is 13.8. The SMILES string of the molecule is CN1CCc2c(sc(NC(=O)c3ccc(C(F)(F)F)cc3)c2C(N)=O)C1. The maximum absolute atomic E-state index is 12.6. The Labute approximate surface area is 151 Å². The van der Waals surface area contributed by atoms with Crippen LogP contribution < -0.4 is 11.1 Å². The van der Waals surface area contributed by atoms with Gasteiger partial charge in [-0.05, 0) is 43.3 Å². The first-order chi connectivity index (χ1) is 12.2. The maximum atomic E-state index is 12.6. The highest BCUT2D eigenvalue weighted by atomic mass is 32.1. The smallest absolute Gasteiger partial charge is 0.365 e. The molecule has 2 aromatic rings. The van der Waals surface area contributed by atoms with Crippen LogP contribution in [0.25, 0.3) is 0 Å². The summed E-state index contributed by atoms with van der Waals surface area (Å²) in [5.41, 5.74) is 5.84. The van der Waals surface area contributed by atoms with E-state index in [1.165, 1.54) is 11.3 Å². The summed E-state index contributed by atoms with van der Waals surface area (Å²) < 4.78 is 37.9. The predicted molar refractivity (Wildman–Crippen MR) is 92.3 cm³/mol. The number of fused-ring (bicyclic) bond motifs is 1. The minimum Gasteiger partial charge on any atom is -0.365 e. The molecule has 26 heavy (non-hydrogen) atoms. The van der Waals surface area contributed by atoms with Crippen LogP contribution in [0.15, 0.2) is 24.3 Å². The fourth-order valence-electron chi connectivity index (χ4n) is 2.87. The molecule has 1 aliphatic rings. The highest BCUT2D eigenvalue weighted by Crippen LogP contribution is 2.37. The Morgan fingerprint density at radius 3 is 2.46 bits per heavy atom. The van der Waals surface area contributed by atoms with E-state index in [1.807, 2.05) is 7.05 Å². The third kappa shape index (κ3) is 3.58. The second kappa shape index (κ2) is 6.73. The number of hydrogen-bond donors (Lipinski definition) is 2. The number of hydrogen-bond acceptors (Lipinski definition) is 4. The number of halogens is 3. The van der Waals surface area contributed by atoms with Gasteiger partial charge in [0.25, 0.3) is 11.8 Å². The van der Waals surface area contributed by atoms with Crippen LogP contribution in [0.4, 0.5) is 18.2 Å². The third-order valence-electron chi connectivity index (χ3n) is 4.20. The van der Waals surface area contributed by atoms with Crippen LogP contribution in [0.3, 0.4) is 0 Å². The normalized spacial score (nSPS) is 14.8. The van der Waals surface area contributed by atoms with E-state index in [1.54, 1.807) is 0 Å². The van der Waals surface area contributed by atoms with E-state index in [0.717, 1.165) is 41.3 Å². The van der Waals surface area contributed by atoms with E-state index in [2.05, 4.69) is 10.2 Å². The average molecular weight is 383 g/mol. The zero-order chi connectivity index (χ0) is 19.1. The van der Waals surface area contributed by atoms with Gasteiger partial charge in [0.1, 0.15) is 5.00 Å². The Balaban J connectivity index is 1.87. The van der Waals surface area contributed by atoms with Crippen LogP contribution >= 0.6 is 11.3 Å². The molecule has 2 amide bonds. The fourth-order valence-corrected chi connectivity index (χ4v) is 4.19. The monoisotopic (exact) mass is 383 g/mol. The quantitative estimate of drug-likeness (QED) is 0.855. The number of primary amides is 1. The van der Waals surface area contributed by atoms with E-state index in [9.17, 15) is 22.8 Å². The first kappa shape index (κ1) is 18.4. The molecule has 138 valence electrons. The molecule has 1 aromatic carbocycles. The lowest BCUT2D eigenvalue weighted by Crippen LogP contribution is -2.27. The Bertz CT molecular complexity index is 859. The zero-order valence-corrected chi connectivity index (χ0v) is 14.6. The molecule has 1 aliphatic heterocycles. The van der Waals surface area contributed by atoms with Crippen molar-refractivity contribution in [3.05, 3.63) is 51.4 Å². The van der Waals surface area contributed by atoms with Crippen LogP contribution in [-0.4, -0.2) is 30.3 Å². The minimum atomic E-state index is -4.47. The summed E-state index contributed by atoms with van der Waals surface area (Å²) >= 11 is 1.27. The van der Waals surface area contributed by atoms with E-state index >= 15 is 0 Å². The van der Waals surface area contributed by atoms with Gasteiger partial charge in [-0.15, -0.1) is 11.3 Å². The molecule has 0 saturated carbocycles. The second-order valence-corrected chi connectivity index (χ2v) is 7.19. The molecule has 3 N–H and O–H groups in total. The topological polar surface area (TPSA) is 75.4 Å². The number of carbonyl (C=O) groups is 2. The molecule has 0 fully saturated rings. The van der Waals surface area contributed by atoms with E-state index in [0.29, 0.717) is 23.5 Å². The molecule has 0 atom stereocenters. The summed E-state index contributed by atoms with van der Waals surface area (Å²) in [5, 5.41) is 2.95. The molecule has 5 nitrogen and oxygen atoms in total. The third-order valence-corrected chi connectivity index (χ3v) is 5.33. The number of anilines is 1. The van der Waals surface area contributed by atoms with Gasteiger partial charge < -0.3 is 16.0 Å².